The number of methoxy groups -OCH3 is 1. The van der Waals surface area contributed by atoms with Gasteiger partial charge in [-0.2, -0.15) is 0 Å². The van der Waals surface area contributed by atoms with Gasteiger partial charge in [-0.3, -0.25) is 9.78 Å². The van der Waals surface area contributed by atoms with Crippen LogP contribution in [-0.2, 0) is 16.1 Å². The lowest BCUT2D eigenvalue weighted by Crippen LogP contribution is -2.45. The van der Waals surface area contributed by atoms with E-state index in [1.54, 1.807) is 18.2 Å². The first-order valence-corrected chi connectivity index (χ1v) is 6.97. The molecule has 0 fully saturated rings. The smallest absolute Gasteiger partial charge is 0.239 e. The molecule has 0 saturated heterocycles. The maximum absolute atomic E-state index is 12.4. The van der Waals surface area contributed by atoms with Gasteiger partial charge in [-0.15, -0.1) is 0 Å². The number of nitrogens with zero attached hydrogens (tertiary/aromatic N) is 2. The Morgan fingerprint density at radius 1 is 1.45 bits per heavy atom. The van der Waals surface area contributed by atoms with Crippen LogP contribution in [0.3, 0.4) is 0 Å². The molecule has 0 radical (unpaired) electrons. The number of ether oxygens (including phenoxy) is 1. The Hall–Kier alpha value is -1.46. The van der Waals surface area contributed by atoms with Crippen LogP contribution in [0.4, 0.5) is 0 Å². The summed E-state index contributed by atoms with van der Waals surface area (Å²) < 4.78 is 5.07. The van der Waals surface area contributed by atoms with E-state index < -0.39 is 6.04 Å². The number of carbonyl (C=O) groups excluding carboxylic acids is 1. The second kappa shape index (κ2) is 8.66. The fourth-order valence-corrected chi connectivity index (χ4v) is 2.00. The number of hydrogen-bond donors (Lipinski definition) is 1. The quantitative estimate of drug-likeness (QED) is 0.781. The molecule has 20 heavy (non-hydrogen) atoms. The maximum Gasteiger partial charge on any atom is 0.239 e. The van der Waals surface area contributed by atoms with E-state index in [2.05, 4.69) is 18.8 Å². The molecule has 0 spiro atoms. The summed E-state index contributed by atoms with van der Waals surface area (Å²) in [6, 6.07) is 5.21. The first-order chi connectivity index (χ1) is 9.54. The molecule has 1 amide bonds. The van der Waals surface area contributed by atoms with Crippen LogP contribution in [-0.4, -0.2) is 42.1 Å². The van der Waals surface area contributed by atoms with Crippen molar-refractivity contribution < 1.29 is 9.53 Å². The molecule has 0 unspecified atom stereocenters. The van der Waals surface area contributed by atoms with Gasteiger partial charge in [0.25, 0.3) is 0 Å². The lowest BCUT2D eigenvalue weighted by atomic mass is 10.0. The van der Waals surface area contributed by atoms with Gasteiger partial charge in [0, 0.05) is 19.9 Å². The minimum atomic E-state index is -0.462. The Morgan fingerprint density at radius 2 is 2.20 bits per heavy atom. The highest BCUT2D eigenvalue weighted by molar-refractivity contribution is 5.81. The average Bonchev–Trinajstić information content (AvgIpc) is 2.43. The van der Waals surface area contributed by atoms with Crippen molar-refractivity contribution in [2.45, 2.75) is 32.9 Å². The minimum absolute atomic E-state index is 0.0404. The van der Waals surface area contributed by atoms with Crippen LogP contribution in [0.2, 0.25) is 0 Å². The molecule has 1 aromatic heterocycles. The predicted octanol–water partition coefficient (Wildman–Crippen LogP) is 1.43. The van der Waals surface area contributed by atoms with E-state index in [1.807, 2.05) is 18.2 Å². The molecular weight excluding hydrogens is 254 g/mol. The van der Waals surface area contributed by atoms with E-state index in [0.717, 1.165) is 5.69 Å². The normalized spacial score (nSPS) is 12.4. The largest absolute Gasteiger partial charge is 0.383 e. The predicted molar refractivity (Wildman–Crippen MR) is 79.0 cm³/mol. The first-order valence-electron chi connectivity index (χ1n) is 6.97. The number of aromatic nitrogens is 1. The van der Waals surface area contributed by atoms with E-state index >= 15 is 0 Å². The van der Waals surface area contributed by atoms with Gasteiger partial charge in [-0.05, 0) is 24.5 Å². The average molecular weight is 279 g/mol. The van der Waals surface area contributed by atoms with Crippen molar-refractivity contribution in [2.24, 2.45) is 11.7 Å². The van der Waals surface area contributed by atoms with Crippen molar-refractivity contribution in [1.29, 1.82) is 0 Å². The molecule has 5 heteroatoms. The third-order valence-electron chi connectivity index (χ3n) is 3.00. The van der Waals surface area contributed by atoms with Crippen molar-refractivity contribution in [3.8, 4) is 0 Å². The molecule has 1 aromatic rings. The van der Waals surface area contributed by atoms with Gasteiger partial charge in [0.05, 0.1) is 24.9 Å². The lowest BCUT2D eigenvalue weighted by molar-refractivity contribution is -0.134. The molecular formula is C15H25N3O2. The molecule has 1 rings (SSSR count). The third-order valence-corrected chi connectivity index (χ3v) is 3.00. The summed E-state index contributed by atoms with van der Waals surface area (Å²) in [7, 11) is 1.62. The standard InChI is InChI=1S/C15H25N3O2/c1-12(2)10-14(16)15(19)18(8-9-20-3)11-13-6-4-5-7-17-13/h4-7,12,14H,8-11,16H2,1-3H3/t14-/m0/s1. The second-order valence-electron chi connectivity index (χ2n) is 5.31. The van der Waals surface area contributed by atoms with Gasteiger partial charge in [0.1, 0.15) is 0 Å². The van der Waals surface area contributed by atoms with Crippen molar-refractivity contribution in [3.63, 3.8) is 0 Å². The SMILES string of the molecule is COCCN(Cc1ccccn1)C(=O)[C@@H](N)CC(C)C. The topological polar surface area (TPSA) is 68.5 Å². The summed E-state index contributed by atoms with van der Waals surface area (Å²) in [5.74, 6) is 0.356. The van der Waals surface area contributed by atoms with Gasteiger partial charge < -0.3 is 15.4 Å². The van der Waals surface area contributed by atoms with Crippen molar-refractivity contribution in [2.75, 3.05) is 20.3 Å². The van der Waals surface area contributed by atoms with Crippen molar-refractivity contribution in [1.82, 2.24) is 9.88 Å². The van der Waals surface area contributed by atoms with Crippen LogP contribution < -0.4 is 5.73 Å². The summed E-state index contributed by atoms with van der Waals surface area (Å²) in [5, 5.41) is 0. The molecule has 0 aliphatic carbocycles. The molecule has 112 valence electrons. The number of hydrogen-bond acceptors (Lipinski definition) is 4. The van der Waals surface area contributed by atoms with Crippen molar-refractivity contribution >= 4 is 5.91 Å². The molecule has 0 bridgehead atoms. The zero-order valence-corrected chi connectivity index (χ0v) is 12.6. The van der Waals surface area contributed by atoms with Gasteiger partial charge in [-0.25, -0.2) is 0 Å². The van der Waals surface area contributed by atoms with Gasteiger partial charge in [0.15, 0.2) is 0 Å². The third kappa shape index (κ3) is 5.67. The summed E-state index contributed by atoms with van der Waals surface area (Å²) in [5.41, 5.74) is 6.85. The highest BCUT2D eigenvalue weighted by atomic mass is 16.5. The first kappa shape index (κ1) is 16.6. The van der Waals surface area contributed by atoms with Crippen LogP contribution in [0.5, 0.6) is 0 Å². The number of carbonyl (C=O) groups is 1. The van der Waals surface area contributed by atoms with Crippen LogP contribution in [0.25, 0.3) is 0 Å². The van der Waals surface area contributed by atoms with Crippen LogP contribution in [0.1, 0.15) is 26.0 Å². The Balaban J connectivity index is 2.70. The van der Waals surface area contributed by atoms with Gasteiger partial charge in [-0.1, -0.05) is 19.9 Å². The Kier molecular flexibility index (Phi) is 7.18. The minimum Gasteiger partial charge on any atom is -0.383 e. The summed E-state index contributed by atoms with van der Waals surface area (Å²) in [4.78, 5) is 18.4. The van der Waals surface area contributed by atoms with E-state index in [0.29, 0.717) is 32.0 Å². The second-order valence-corrected chi connectivity index (χ2v) is 5.31. The number of nitrogens with two attached hydrogens (primary N) is 1. The monoisotopic (exact) mass is 279 g/mol. The van der Waals surface area contributed by atoms with E-state index in [1.165, 1.54) is 0 Å². The fraction of sp³-hybridized carbons (Fsp3) is 0.600. The highest BCUT2D eigenvalue weighted by Crippen LogP contribution is 2.08. The van der Waals surface area contributed by atoms with Gasteiger partial charge in [0.2, 0.25) is 5.91 Å². The number of amides is 1. The van der Waals surface area contributed by atoms with Crippen LogP contribution in [0.15, 0.2) is 24.4 Å². The molecule has 5 nitrogen and oxygen atoms in total. The lowest BCUT2D eigenvalue weighted by Gasteiger charge is -2.26. The molecule has 0 aromatic carbocycles. The van der Waals surface area contributed by atoms with Crippen LogP contribution >= 0.6 is 0 Å². The van der Waals surface area contributed by atoms with E-state index in [-0.39, 0.29) is 5.91 Å². The summed E-state index contributed by atoms with van der Waals surface area (Å²) in [6.07, 6.45) is 2.41. The molecule has 1 atom stereocenters. The molecule has 0 aliphatic rings. The molecule has 0 saturated carbocycles. The number of rotatable bonds is 8. The van der Waals surface area contributed by atoms with Crippen LogP contribution in [0, 0.1) is 5.92 Å². The van der Waals surface area contributed by atoms with Crippen molar-refractivity contribution in [3.05, 3.63) is 30.1 Å². The Labute approximate surface area is 121 Å². The molecule has 1 heterocycles. The van der Waals surface area contributed by atoms with Gasteiger partial charge >= 0.3 is 0 Å². The zero-order chi connectivity index (χ0) is 15.0. The zero-order valence-electron chi connectivity index (χ0n) is 12.6. The Bertz CT molecular complexity index is 395. The molecule has 2 N–H and O–H groups in total. The number of pyridine rings is 1. The molecule has 0 aliphatic heterocycles. The fourth-order valence-electron chi connectivity index (χ4n) is 2.00. The Morgan fingerprint density at radius 3 is 2.75 bits per heavy atom. The van der Waals surface area contributed by atoms with E-state index in [9.17, 15) is 4.79 Å². The van der Waals surface area contributed by atoms with E-state index in [4.69, 9.17) is 10.5 Å². The summed E-state index contributed by atoms with van der Waals surface area (Å²) >= 11 is 0. The maximum atomic E-state index is 12.4. The highest BCUT2D eigenvalue weighted by Gasteiger charge is 2.22. The summed E-state index contributed by atoms with van der Waals surface area (Å²) in [6.45, 7) is 5.61.